The van der Waals surface area contributed by atoms with Crippen molar-refractivity contribution in [3.63, 3.8) is 0 Å². The summed E-state index contributed by atoms with van der Waals surface area (Å²) in [6.07, 6.45) is 1.98. The van der Waals surface area contributed by atoms with E-state index in [0.29, 0.717) is 5.56 Å². The van der Waals surface area contributed by atoms with Gasteiger partial charge in [0.25, 0.3) is 0 Å². The Labute approximate surface area is 137 Å². The van der Waals surface area contributed by atoms with Gasteiger partial charge in [0.15, 0.2) is 12.6 Å². The van der Waals surface area contributed by atoms with Gasteiger partial charge < -0.3 is 9.47 Å². The van der Waals surface area contributed by atoms with Crippen molar-refractivity contribution in [1.29, 1.82) is 0 Å². The van der Waals surface area contributed by atoms with E-state index in [0.717, 1.165) is 24.7 Å². The first kappa shape index (κ1) is 15.9. The lowest BCUT2D eigenvalue weighted by Crippen LogP contribution is -2.13. The molecule has 1 aliphatic rings. The van der Waals surface area contributed by atoms with E-state index in [1.807, 2.05) is 30.3 Å². The van der Waals surface area contributed by atoms with Crippen molar-refractivity contribution in [3.05, 3.63) is 70.8 Å². The van der Waals surface area contributed by atoms with Gasteiger partial charge in [-0.3, -0.25) is 4.79 Å². The summed E-state index contributed by atoms with van der Waals surface area (Å²) in [5.74, 6) is 0. The van der Waals surface area contributed by atoms with Crippen molar-refractivity contribution < 1.29 is 14.3 Å². The Bertz CT molecular complexity index is 647. The fraction of sp³-hybridized carbons (Fsp3) is 0.350. The van der Waals surface area contributed by atoms with Crippen LogP contribution in [-0.2, 0) is 9.47 Å². The molecule has 2 aromatic carbocycles. The van der Waals surface area contributed by atoms with Crippen LogP contribution in [0.4, 0.5) is 0 Å². The maximum Gasteiger partial charge on any atom is 0.185 e. The van der Waals surface area contributed by atoms with E-state index in [1.54, 1.807) is 6.07 Å². The molecule has 0 fully saturated rings. The van der Waals surface area contributed by atoms with Gasteiger partial charge in [-0.15, -0.1) is 0 Å². The smallest absolute Gasteiger partial charge is 0.185 e. The molecule has 0 N–H and O–H groups in total. The van der Waals surface area contributed by atoms with Gasteiger partial charge in [-0.1, -0.05) is 62.4 Å². The summed E-state index contributed by atoms with van der Waals surface area (Å²) < 4.78 is 12.5. The highest BCUT2D eigenvalue weighted by Crippen LogP contribution is 2.42. The number of rotatable bonds is 4. The van der Waals surface area contributed by atoms with E-state index >= 15 is 0 Å². The van der Waals surface area contributed by atoms with Gasteiger partial charge in [-0.05, 0) is 24.0 Å². The van der Waals surface area contributed by atoms with Gasteiger partial charge in [0.2, 0.25) is 0 Å². The molecule has 0 spiro atoms. The van der Waals surface area contributed by atoms with Gasteiger partial charge in [0, 0.05) is 11.1 Å². The number of fused-ring (bicyclic) bond motifs is 1. The topological polar surface area (TPSA) is 35.5 Å². The average molecular weight is 310 g/mol. The number of benzene rings is 2. The molecule has 1 unspecified atom stereocenters. The van der Waals surface area contributed by atoms with Gasteiger partial charge in [-0.25, -0.2) is 0 Å². The Morgan fingerprint density at radius 2 is 1.30 bits per heavy atom. The highest BCUT2D eigenvalue weighted by atomic mass is 16.7. The van der Waals surface area contributed by atoms with Gasteiger partial charge in [0.05, 0.1) is 12.2 Å². The molecule has 0 saturated heterocycles. The lowest BCUT2D eigenvalue weighted by Gasteiger charge is -2.24. The molecule has 3 rings (SSSR count). The summed E-state index contributed by atoms with van der Waals surface area (Å²) in [5.41, 5.74) is 3.79. The van der Waals surface area contributed by atoms with E-state index in [1.165, 1.54) is 11.1 Å². The van der Waals surface area contributed by atoms with Crippen LogP contribution in [0.3, 0.4) is 0 Å². The minimum atomic E-state index is -0.529. The minimum absolute atomic E-state index is 0.0348. The van der Waals surface area contributed by atoms with Crippen LogP contribution < -0.4 is 0 Å². The van der Waals surface area contributed by atoms with Gasteiger partial charge in [0.1, 0.15) is 0 Å². The molecule has 0 bridgehead atoms. The van der Waals surface area contributed by atoms with Crippen molar-refractivity contribution in [1.82, 2.24) is 0 Å². The fourth-order valence-corrected chi connectivity index (χ4v) is 3.19. The number of carbonyl (C=O) groups excluding carboxylic acids is 1. The molecule has 3 heteroatoms. The largest absolute Gasteiger partial charge is 0.340 e. The molecule has 0 radical (unpaired) electrons. The molecule has 3 atom stereocenters. The number of aldehydes is 1. The van der Waals surface area contributed by atoms with E-state index in [4.69, 9.17) is 9.47 Å². The number of carbonyl (C=O) groups is 1. The van der Waals surface area contributed by atoms with Crippen LogP contribution in [0.15, 0.2) is 48.5 Å². The molecule has 1 heterocycles. The van der Waals surface area contributed by atoms with Crippen LogP contribution in [0.1, 0.15) is 72.2 Å². The first-order valence-corrected chi connectivity index (χ1v) is 8.22. The fourth-order valence-electron chi connectivity index (χ4n) is 3.19. The number of hydrogen-bond acceptors (Lipinski definition) is 3. The quantitative estimate of drug-likeness (QED) is 0.733. The van der Waals surface area contributed by atoms with Crippen molar-refractivity contribution in [2.24, 2.45) is 0 Å². The summed E-state index contributed by atoms with van der Waals surface area (Å²) in [6, 6.07) is 15.8. The van der Waals surface area contributed by atoms with Crippen molar-refractivity contribution >= 4 is 6.29 Å². The zero-order valence-electron chi connectivity index (χ0n) is 13.6. The van der Waals surface area contributed by atoms with Crippen LogP contribution >= 0.6 is 0 Å². The molecule has 0 saturated carbocycles. The second-order valence-electron chi connectivity index (χ2n) is 5.77. The molecule has 3 nitrogen and oxygen atoms in total. The highest BCUT2D eigenvalue weighted by Gasteiger charge is 2.31. The first-order chi connectivity index (χ1) is 11.3. The Morgan fingerprint density at radius 1 is 0.826 bits per heavy atom. The first-order valence-electron chi connectivity index (χ1n) is 8.22. The molecule has 23 heavy (non-hydrogen) atoms. The lowest BCUT2D eigenvalue weighted by atomic mass is 9.96. The summed E-state index contributed by atoms with van der Waals surface area (Å²) in [7, 11) is 0. The van der Waals surface area contributed by atoms with Crippen LogP contribution in [0.2, 0.25) is 0 Å². The molecule has 0 aromatic heterocycles. The van der Waals surface area contributed by atoms with Crippen molar-refractivity contribution in [2.75, 3.05) is 0 Å². The highest BCUT2D eigenvalue weighted by molar-refractivity contribution is 5.77. The second-order valence-corrected chi connectivity index (χ2v) is 5.77. The molecular weight excluding hydrogens is 288 g/mol. The van der Waals surface area contributed by atoms with E-state index in [9.17, 15) is 4.79 Å². The van der Waals surface area contributed by atoms with Crippen LogP contribution in [0.25, 0.3) is 0 Å². The third kappa shape index (κ3) is 3.07. The number of ether oxygens (including phenoxy) is 2. The van der Waals surface area contributed by atoms with Crippen LogP contribution in [-0.4, -0.2) is 6.29 Å². The Balaban J connectivity index is 2.04. The van der Waals surface area contributed by atoms with E-state index in [-0.39, 0.29) is 12.2 Å². The second kappa shape index (κ2) is 7.07. The summed E-state index contributed by atoms with van der Waals surface area (Å²) >= 11 is 0. The molecule has 120 valence electrons. The van der Waals surface area contributed by atoms with Crippen molar-refractivity contribution in [2.45, 2.75) is 45.2 Å². The van der Waals surface area contributed by atoms with Gasteiger partial charge in [-0.2, -0.15) is 0 Å². The molecule has 0 aliphatic carbocycles. The maximum absolute atomic E-state index is 11.4. The van der Waals surface area contributed by atoms with Crippen LogP contribution in [0.5, 0.6) is 0 Å². The summed E-state index contributed by atoms with van der Waals surface area (Å²) in [4.78, 5) is 11.4. The Morgan fingerprint density at radius 3 is 1.78 bits per heavy atom. The lowest BCUT2D eigenvalue weighted by molar-refractivity contribution is -0.195. The summed E-state index contributed by atoms with van der Waals surface area (Å²) in [5, 5.41) is 0. The predicted octanol–water partition coefficient (Wildman–Crippen LogP) is 5.15. The van der Waals surface area contributed by atoms with Crippen molar-refractivity contribution in [3.8, 4) is 0 Å². The minimum Gasteiger partial charge on any atom is -0.340 e. The molecule has 1 aliphatic heterocycles. The maximum atomic E-state index is 11.4. The normalized spacial score (nSPS) is 23.8. The predicted molar refractivity (Wildman–Crippen MR) is 89.2 cm³/mol. The zero-order valence-corrected chi connectivity index (χ0v) is 13.6. The van der Waals surface area contributed by atoms with E-state index in [2.05, 4.69) is 26.0 Å². The Kier molecular flexibility index (Phi) is 4.89. The average Bonchev–Trinajstić information content (AvgIpc) is 2.78. The third-order valence-corrected chi connectivity index (χ3v) is 4.38. The SMILES string of the molecule is CC[C@@H]1OC(c2ccccc2C=O)O[C@H](CC)c2ccccc21. The Hall–Kier alpha value is -1.97. The standard InChI is InChI=1S/C20H22O3/c1-3-18-16-11-7-8-12-17(16)19(4-2)23-20(22-18)15-10-6-5-9-14(15)13-21/h5-13,18-20H,3-4H2,1-2H3/t18-,19+,20?. The molecule has 2 aromatic rings. The molecule has 0 amide bonds. The monoisotopic (exact) mass is 310 g/mol. The number of hydrogen-bond donors (Lipinski definition) is 0. The zero-order chi connectivity index (χ0) is 16.2. The van der Waals surface area contributed by atoms with E-state index < -0.39 is 6.29 Å². The van der Waals surface area contributed by atoms with Crippen LogP contribution in [0, 0.1) is 0 Å². The third-order valence-electron chi connectivity index (χ3n) is 4.38. The molecular formula is C20H22O3. The summed E-state index contributed by atoms with van der Waals surface area (Å²) in [6.45, 7) is 4.22. The van der Waals surface area contributed by atoms with Gasteiger partial charge >= 0.3 is 0 Å².